The molecule has 10 heteroatoms. The Balaban J connectivity index is 0.000000209. The lowest BCUT2D eigenvalue weighted by Crippen LogP contribution is -2.34. The van der Waals surface area contributed by atoms with Crippen molar-refractivity contribution >= 4 is 0 Å². The maximum Gasteiger partial charge on any atom is 0.331 e. The molecule has 232 valence electrons. The number of hydrogen-bond acceptors (Lipinski definition) is 6. The third kappa shape index (κ3) is 7.94. The lowest BCUT2D eigenvalue weighted by molar-refractivity contribution is 0.369. The van der Waals surface area contributed by atoms with Crippen molar-refractivity contribution in [1.29, 1.82) is 0 Å². The van der Waals surface area contributed by atoms with Gasteiger partial charge in [0.2, 0.25) is 11.8 Å². The molecule has 0 spiro atoms. The number of aryl methyl sites for hydroxylation is 4. The van der Waals surface area contributed by atoms with E-state index in [-0.39, 0.29) is 11.4 Å². The van der Waals surface area contributed by atoms with Gasteiger partial charge in [-0.15, -0.1) is 0 Å². The van der Waals surface area contributed by atoms with E-state index in [1.807, 2.05) is 71.9 Å². The van der Waals surface area contributed by atoms with Crippen LogP contribution in [-0.2, 0) is 19.4 Å². The fourth-order valence-electron chi connectivity index (χ4n) is 5.38. The first-order valence-electron chi connectivity index (χ1n) is 14.9. The molecule has 0 amide bonds. The molecule has 3 N–H and O–H groups in total. The summed E-state index contributed by atoms with van der Waals surface area (Å²) in [7, 11) is 0. The minimum atomic E-state index is -0.568. The molecule has 2 aromatic carbocycles. The Kier molecular flexibility index (Phi) is 10.3. The predicted octanol–water partition coefficient (Wildman–Crippen LogP) is 5.51. The zero-order valence-electron chi connectivity index (χ0n) is 26.1. The molecule has 10 nitrogen and oxygen atoms in total. The van der Waals surface area contributed by atoms with Gasteiger partial charge in [0.1, 0.15) is 11.5 Å². The van der Waals surface area contributed by atoms with Crippen LogP contribution in [0.4, 0.5) is 0 Å². The third-order valence-electron chi connectivity index (χ3n) is 7.32. The number of ether oxygens (including phenoxy) is 2. The molecular formula is C34H40N4O6. The minimum Gasteiger partial charge on any atom is -0.440 e. The molecule has 0 radical (unpaired) electrons. The highest BCUT2D eigenvalue weighted by molar-refractivity contribution is 5.38. The van der Waals surface area contributed by atoms with E-state index in [9.17, 15) is 19.2 Å². The van der Waals surface area contributed by atoms with E-state index in [1.165, 1.54) is 0 Å². The van der Waals surface area contributed by atoms with Crippen LogP contribution in [-0.4, -0.2) is 19.5 Å². The number of allylic oxidation sites excluding steroid dienone is 2. The first-order chi connectivity index (χ1) is 21.0. The van der Waals surface area contributed by atoms with E-state index in [0.717, 1.165) is 35.1 Å². The molecule has 5 rings (SSSR count). The molecule has 0 saturated heterocycles. The van der Waals surface area contributed by atoms with Gasteiger partial charge in [-0.05, 0) is 106 Å². The largest absolute Gasteiger partial charge is 0.440 e. The van der Waals surface area contributed by atoms with Crippen molar-refractivity contribution in [3.8, 4) is 23.3 Å². The van der Waals surface area contributed by atoms with E-state index >= 15 is 0 Å². The van der Waals surface area contributed by atoms with Gasteiger partial charge in [0.05, 0.1) is 11.1 Å². The number of aromatic nitrogens is 4. The molecule has 0 bridgehead atoms. The van der Waals surface area contributed by atoms with Crippen molar-refractivity contribution in [2.24, 2.45) is 5.92 Å². The zero-order chi connectivity index (χ0) is 32.0. The number of nitrogens with zero attached hydrogens (tertiary/aromatic N) is 1. The van der Waals surface area contributed by atoms with Crippen LogP contribution < -0.4 is 32.0 Å². The van der Waals surface area contributed by atoms with Gasteiger partial charge in [0, 0.05) is 6.54 Å². The maximum absolute atomic E-state index is 12.4. The summed E-state index contributed by atoms with van der Waals surface area (Å²) in [5, 5.41) is 0. The van der Waals surface area contributed by atoms with Crippen LogP contribution in [0.5, 0.6) is 23.3 Å². The van der Waals surface area contributed by atoms with Crippen LogP contribution in [0.25, 0.3) is 0 Å². The number of hydrogen-bond donors (Lipinski definition) is 3. The summed E-state index contributed by atoms with van der Waals surface area (Å²) in [6.45, 7) is 12.2. The van der Waals surface area contributed by atoms with E-state index in [0.29, 0.717) is 53.8 Å². The first-order valence-corrected chi connectivity index (χ1v) is 14.9. The molecular weight excluding hydrogens is 560 g/mol. The molecule has 1 aliphatic carbocycles. The average Bonchev–Trinajstić information content (AvgIpc) is 3.43. The highest BCUT2D eigenvalue weighted by atomic mass is 16.5. The lowest BCUT2D eigenvalue weighted by atomic mass is 10.1. The molecule has 0 saturated carbocycles. The van der Waals surface area contributed by atoms with Crippen LogP contribution in [0.15, 0.2) is 67.7 Å². The van der Waals surface area contributed by atoms with E-state index in [2.05, 4.69) is 33.2 Å². The molecule has 0 atom stereocenters. The second-order valence-corrected chi connectivity index (χ2v) is 11.2. The number of rotatable bonds is 8. The molecule has 0 fully saturated rings. The predicted molar refractivity (Wildman–Crippen MR) is 172 cm³/mol. The smallest absolute Gasteiger partial charge is 0.331 e. The van der Waals surface area contributed by atoms with Gasteiger partial charge in [0.15, 0.2) is 0 Å². The molecule has 2 aromatic heterocycles. The molecule has 0 aliphatic heterocycles. The highest BCUT2D eigenvalue weighted by Crippen LogP contribution is 2.28. The standard InChI is InChI=1S/C20H24N2O3.C14H16N2O3/c1-4-17-18(23)21-20(24)22(12-15-7-5-6-8-15)19(17)25-16-10-13(2)9-14(3)11-16;1-4-11-12(17)15-14(18)16-13(11)19-10-6-8(2)5-9(3)7-10/h5-6,9-11,15H,4,7-8,12H2,1-3H3,(H,21,23,24);5-7H,4H2,1-3H3,(H2,15,16,17,18). The number of aromatic amines is 3. The third-order valence-corrected chi connectivity index (χ3v) is 7.32. The maximum atomic E-state index is 12.4. The van der Waals surface area contributed by atoms with Crippen molar-refractivity contribution in [2.75, 3.05) is 0 Å². The number of benzene rings is 2. The van der Waals surface area contributed by atoms with Gasteiger partial charge < -0.3 is 9.47 Å². The van der Waals surface area contributed by atoms with E-state index in [1.54, 1.807) is 4.57 Å². The Morgan fingerprint density at radius 3 is 1.70 bits per heavy atom. The Bertz CT molecular complexity index is 1860. The second-order valence-electron chi connectivity index (χ2n) is 11.2. The molecule has 4 aromatic rings. The summed E-state index contributed by atoms with van der Waals surface area (Å²) in [6, 6.07) is 11.6. The normalized spacial score (nSPS) is 12.6. The summed E-state index contributed by atoms with van der Waals surface area (Å²) < 4.78 is 13.3. The van der Waals surface area contributed by atoms with Gasteiger partial charge in [0.25, 0.3) is 11.1 Å². The van der Waals surface area contributed by atoms with Crippen LogP contribution in [0.3, 0.4) is 0 Å². The summed E-state index contributed by atoms with van der Waals surface area (Å²) in [6.07, 6.45) is 7.12. The Morgan fingerprint density at radius 2 is 1.18 bits per heavy atom. The Labute approximate surface area is 255 Å². The van der Waals surface area contributed by atoms with E-state index in [4.69, 9.17) is 9.47 Å². The summed E-state index contributed by atoms with van der Waals surface area (Å²) >= 11 is 0. The van der Waals surface area contributed by atoms with Crippen molar-refractivity contribution in [3.05, 3.63) is 124 Å². The van der Waals surface area contributed by atoms with Crippen LogP contribution in [0.1, 0.15) is 60.1 Å². The molecule has 44 heavy (non-hydrogen) atoms. The van der Waals surface area contributed by atoms with Crippen LogP contribution in [0, 0.1) is 33.6 Å². The Morgan fingerprint density at radius 1 is 0.682 bits per heavy atom. The topological polar surface area (TPSA) is 139 Å². The number of nitrogens with one attached hydrogen (secondary N) is 3. The van der Waals surface area contributed by atoms with Crippen LogP contribution in [0.2, 0.25) is 0 Å². The summed E-state index contributed by atoms with van der Waals surface area (Å²) in [4.78, 5) is 54.8. The fourth-order valence-corrected chi connectivity index (χ4v) is 5.38. The van der Waals surface area contributed by atoms with Crippen LogP contribution >= 0.6 is 0 Å². The van der Waals surface area contributed by atoms with Gasteiger partial charge in [-0.1, -0.05) is 38.1 Å². The van der Waals surface area contributed by atoms with Crippen molar-refractivity contribution in [3.63, 3.8) is 0 Å². The van der Waals surface area contributed by atoms with Crippen molar-refractivity contribution < 1.29 is 9.47 Å². The van der Waals surface area contributed by atoms with Gasteiger partial charge >= 0.3 is 11.4 Å². The summed E-state index contributed by atoms with van der Waals surface area (Å²) in [5.41, 5.74) is 3.44. The molecule has 1 aliphatic rings. The van der Waals surface area contributed by atoms with Crippen molar-refractivity contribution in [2.45, 2.75) is 73.8 Å². The SMILES string of the molecule is CCc1c(Oc2cc(C)cc(C)c2)[nH]c(=O)[nH]c1=O.CCc1c(Oc2cc(C)cc(C)c2)n(CC2CC=CC2)c(=O)[nH]c1=O. The van der Waals surface area contributed by atoms with Gasteiger partial charge in [-0.2, -0.15) is 0 Å². The van der Waals surface area contributed by atoms with Gasteiger partial charge in [-0.25, -0.2) is 9.59 Å². The van der Waals surface area contributed by atoms with E-state index < -0.39 is 16.9 Å². The number of H-pyrrole nitrogens is 3. The first kappa shape index (κ1) is 32.1. The van der Waals surface area contributed by atoms with Crippen molar-refractivity contribution in [1.82, 2.24) is 19.5 Å². The Hall–Kier alpha value is -4.86. The zero-order valence-corrected chi connectivity index (χ0v) is 26.1. The summed E-state index contributed by atoms with van der Waals surface area (Å²) in [5.74, 6) is 2.19. The quantitative estimate of drug-likeness (QED) is 0.228. The highest BCUT2D eigenvalue weighted by Gasteiger charge is 2.20. The van der Waals surface area contributed by atoms with Gasteiger partial charge in [-0.3, -0.25) is 29.1 Å². The fraction of sp³-hybridized carbons (Fsp3) is 0.353. The second kappa shape index (κ2) is 14.1. The lowest BCUT2D eigenvalue weighted by Gasteiger charge is -2.19. The minimum absolute atomic E-state index is 0.209. The average molecular weight is 601 g/mol. The molecule has 0 unspecified atom stereocenters. The monoisotopic (exact) mass is 600 g/mol. The molecule has 2 heterocycles.